The molecule has 0 bridgehead atoms. The second-order valence-electron chi connectivity index (χ2n) is 4.89. The van der Waals surface area contributed by atoms with E-state index in [4.69, 9.17) is 4.74 Å². The number of nitrogens with one attached hydrogen (secondary N) is 2. The number of hydrogen-bond donors (Lipinski definition) is 2. The van der Waals surface area contributed by atoms with Crippen molar-refractivity contribution in [1.82, 2.24) is 4.72 Å². The Balaban J connectivity index is 2.30. The summed E-state index contributed by atoms with van der Waals surface area (Å²) in [5, 5.41) is 2.67. The first kappa shape index (κ1) is 15.8. The van der Waals surface area contributed by atoms with Gasteiger partial charge in [-0.1, -0.05) is 6.92 Å². The van der Waals surface area contributed by atoms with Crippen LogP contribution in [-0.4, -0.2) is 27.0 Å². The van der Waals surface area contributed by atoms with Crippen LogP contribution in [0.5, 0.6) is 5.75 Å². The van der Waals surface area contributed by atoms with Gasteiger partial charge in [0.25, 0.3) is 0 Å². The molecule has 1 amide bonds. The summed E-state index contributed by atoms with van der Waals surface area (Å²) in [7, 11) is -3.55. The van der Waals surface area contributed by atoms with E-state index in [-0.39, 0.29) is 16.8 Å². The molecule has 0 saturated heterocycles. The quantitative estimate of drug-likeness (QED) is 0.805. The van der Waals surface area contributed by atoms with Gasteiger partial charge in [-0.05, 0) is 38.0 Å². The standard InChI is InChI=1S/C14H20N2O4S/c1-3-14(17)15-12-9-11(7-8-13(12)20-4-2)21(18,19)16-10-5-6-10/h7-10,16H,3-6H2,1-2H3,(H,15,17). The third kappa shape index (κ3) is 4.18. The van der Waals surface area contributed by atoms with Crippen molar-refractivity contribution >= 4 is 21.6 Å². The SMILES string of the molecule is CCOc1ccc(S(=O)(=O)NC2CC2)cc1NC(=O)CC. The van der Waals surface area contributed by atoms with Crippen molar-refractivity contribution < 1.29 is 17.9 Å². The number of hydrogen-bond acceptors (Lipinski definition) is 4. The highest BCUT2D eigenvalue weighted by atomic mass is 32.2. The largest absolute Gasteiger partial charge is 0.492 e. The Bertz CT molecular complexity index is 624. The molecule has 0 spiro atoms. The van der Waals surface area contributed by atoms with Crippen LogP contribution >= 0.6 is 0 Å². The summed E-state index contributed by atoms with van der Waals surface area (Å²) in [6.07, 6.45) is 2.05. The summed E-state index contributed by atoms with van der Waals surface area (Å²) in [5.41, 5.74) is 0.377. The average molecular weight is 312 g/mol. The van der Waals surface area contributed by atoms with Crippen molar-refractivity contribution in [1.29, 1.82) is 0 Å². The molecule has 2 rings (SSSR count). The minimum Gasteiger partial charge on any atom is -0.492 e. The van der Waals surface area contributed by atoms with Gasteiger partial charge in [0.05, 0.1) is 17.2 Å². The zero-order valence-corrected chi connectivity index (χ0v) is 13.0. The Morgan fingerprint density at radius 1 is 1.33 bits per heavy atom. The third-order valence-electron chi connectivity index (χ3n) is 3.06. The van der Waals surface area contributed by atoms with Crippen molar-refractivity contribution in [2.24, 2.45) is 0 Å². The maximum atomic E-state index is 12.2. The lowest BCUT2D eigenvalue weighted by molar-refractivity contribution is -0.115. The Morgan fingerprint density at radius 3 is 2.62 bits per heavy atom. The van der Waals surface area contributed by atoms with E-state index < -0.39 is 10.0 Å². The predicted molar refractivity (Wildman–Crippen MR) is 79.9 cm³/mol. The van der Waals surface area contributed by atoms with Crippen molar-refractivity contribution in [3.63, 3.8) is 0 Å². The molecule has 0 radical (unpaired) electrons. The van der Waals surface area contributed by atoms with Gasteiger partial charge in [-0.3, -0.25) is 4.79 Å². The van der Waals surface area contributed by atoms with Crippen LogP contribution in [0.2, 0.25) is 0 Å². The molecule has 21 heavy (non-hydrogen) atoms. The minimum absolute atomic E-state index is 0.0373. The molecule has 116 valence electrons. The van der Waals surface area contributed by atoms with Gasteiger partial charge in [-0.25, -0.2) is 13.1 Å². The van der Waals surface area contributed by atoms with Crippen molar-refractivity contribution in [3.8, 4) is 5.75 Å². The number of benzene rings is 1. The molecule has 1 aromatic carbocycles. The Kier molecular flexibility index (Phi) is 4.84. The molecular formula is C14H20N2O4S. The molecule has 0 aromatic heterocycles. The Morgan fingerprint density at radius 2 is 2.05 bits per heavy atom. The molecule has 0 aliphatic heterocycles. The van der Waals surface area contributed by atoms with Gasteiger partial charge in [0.1, 0.15) is 5.75 Å². The van der Waals surface area contributed by atoms with Crippen LogP contribution in [0.25, 0.3) is 0 Å². The lowest BCUT2D eigenvalue weighted by atomic mass is 10.3. The van der Waals surface area contributed by atoms with Gasteiger partial charge >= 0.3 is 0 Å². The topological polar surface area (TPSA) is 84.5 Å². The summed E-state index contributed by atoms with van der Waals surface area (Å²) in [5.74, 6) is 0.269. The van der Waals surface area contributed by atoms with Crippen LogP contribution in [0.3, 0.4) is 0 Å². The lowest BCUT2D eigenvalue weighted by Crippen LogP contribution is -2.25. The van der Waals surface area contributed by atoms with E-state index in [9.17, 15) is 13.2 Å². The maximum Gasteiger partial charge on any atom is 0.240 e. The Labute approximate surface area is 124 Å². The molecule has 6 nitrogen and oxygen atoms in total. The van der Waals surface area contributed by atoms with E-state index in [1.165, 1.54) is 12.1 Å². The van der Waals surface area contributed by atoms with E-state index in [2.05, 4.69) is 10.0 Å². The summed E-state index contributed by atoms with van der Waals surface area (Å²) < 4.78 is 32.4. The number of amides is 1. The zero-order chi connectivity index (χ0) is 15.5. The molecular weight excluding hydrogens is 292 g/mol. The Hall–Kier alpha value is -1.60. The highest BCUT2D eigenvalue weighted by Gasteiger charge is 2.28. The molecule has 1 saturated carbocycles. The first-order chi connectivity index (χ1) is 9.96. The van der Waals surface area contributed by atoms with Crippen LogP contribution < -0.4 is 14.8 Å². The van der Waals surface area contributed by atoms with Crippen LogP contribution in [0.4, 0.5) is 5.69 Å². The van der Waals surface area contributed by atoms with Crippen molar-refractivity contribution in [2.75, 3.05) is 11.9 Å². The van der Waals surface area contributed by atoms with Crippen LogP contribution in [0.15, 0.2) is 23.1 Å². The van der Waals surface area contributed by atoms with Crippen LogP contribution in [0, 0.1) is 0 Å². The van der Waals surface area contributed by atoms with Gasteiger partial charge in [-0.15, -0.1) is 0 Å². The number of sulfonamides is 1. The fraction of sp³-hybridized carbons (Fsp3) is 0.500. The highest BCUT2D eigenvalue weighted by Crippen LogP contribution is 2.29. The van der Waals surface area contributed by atoms with Crippen molar-refractivity contribution in [3.05, 3.63) is 18.2 Å². The molecule has 1 aromatic rings. The summed E-state index contributed by atoms with van der Waals surface area (Å²) in [4.78, 5) is 11.7. The second kappa shape index (κ2) is 6.44. The maximum absolute atomic E-state index is 12.2. The van der Waals surface area contributed by atoms with Gasteiger partial charge in [-0.2, -0.15) is 0 Å². The molecule has 1 fully saturated rings. The molecule has 1 aliphatic rings. The second-order valence-corrected chi connectivity index (χ2v) is 6.60. The van der Waals surface area contributed by atoms with E-state index in [1.54, 1.807) is 13.0 Å². The van der Waals surface area contributed by atoms with Gasteiger partial charge in [0.2, 0.25) is 15.9 Å². The van der Waals surface area contributed by atoms with E-state index >= 15 is 0 Å². The van der Waals surface area contributed by atoms with Crippen LogP contribution in [-0.2, 0) is 14.8 Å². The van der Waals surface area contributed by atoms with Gasteiger partial charge in [0, 0.05) is 12.5 Å². The molecule has 2 N–H and O–H groups in total. The number of ether oxygens (including phenoxy) is 1. The molecule has 7 heteroatoms. The number of anilines is 1. The van der Waals surface area contributed by atoms with Gasteiger partial charge < -0.3 is 10.1 Å². The fourth-order valence-corrected chi connectivity index (χ4v) is 3.11. The normalized spacial score (nSPS) is 14.8. The summed E-state index contributed by atoms with van der Waals surface area (Å²) in [6, 6.07) is 4.52. The minimum atomic E-state index is -3.55. The lowest BCUT2D eigenvalue weighted by Gasteiger charge is -2.13. The first-order valence-electron chi connectivity index (χ1n) is 7.05. The van der Waals surface area contributed by atoms with Crippen LogP contribution in [0.1, 0.15) is 33.1 Å². The molecule has 0 atom stereocenters. The zero-order valence-electron chi connectivity index (χ0n) is 12.2. The molecule has 0 unspecified atom stereocenters. The number of rotatable bonds is 7. The highest BCUT2D eigenvalue weighted by molar-refractivity contribution is 7.89. The smallest absolute Gasteiger partial charge is 0.240 e. The average Bonchev–Trinajstić information content (AvgIpc) is 3.23. The van der Waals surface area contributed by atoms with E-state index in [0.29, 0.717) is 24.5 Å². The van der Waals surface area contributed by atoms with Crippen molar-refractivity contribution in [2.45, 2.75) is 44.0 Å². The molecule has 0 heterocycles. The predicted octanol–water partition coefficient (Wildman–Crippen LogP) is 1.87. The molecule has 1 aliphatic carbocycles. The fourth-order valence-electron chi connectivity index (χ4n) is 1.78. The summed E-state index contributed by atoms with van der Waals surface area (Å²) in [6.45, 7) is 3.98. The summed E-state index contributed by atoms with van der Waals surface area (Å²) >= 11 is 0. The van der Waals surface area contributed by atoms with E-state index in [1.807, 2.05) is 6.92 Å². The first-order valence-corrected chi connectivity index (χ1v) is 8.53. The van der Waals surface area contributed by atoms with Gasteiger partial charge in [0.15, 0.2) is 0 Å². The number of carbonyl (C=O) groups is 1. The number of carbonyl (C=O) groups excluding carboxylic acids is 1. The third-order valence-corrected chi connectivity index (χ3v) is 4.57. The van der Waals surface area contributed by atoms with E-state index in [0.717, 1.165) is 12.8 Å². The monoisotopic (exact) mass is 312 g/mol.